The highest BCUT2D eigenvalue weighted by Crippen LogP contribution is 2.32. The largest absolute Gasteiger partial charge is 0.490 e. The third-order valence-corrected chi connectivity index (χ3v) is 2.80. The molecule has 0 bridgehead atoms. The molecule has 8 heteroatoms. The summed E-state index contributed by atoms with van der Waals surface area (Å²) in [4.78, 5) is 21.0. The van der Waals surface area contributed by atoms with Gasteiger partial charge < -0.3 is 15.4 Å². The van der Waals surface area contributed by atoms with Crippen LogP contribution in [0.4, 0.5) is 15.8 Å². The summed E-state index contributed by atoms with van der Waals surface area (Å²) in [5.74, 6) is -0.912. The Kier molecular flexibility index (Phi) is 3.50. The Hall–Kier alpha value is -2.38. The van der Waals surface area contributed by atoms with Gasteiger partial charge in [-0.05, 0) is 0 Å². The van der Waals surface area contributed by atoms with Crippen LogP contribution in [0.15, 0.2) is 12.1 Å². The zero-order valence-electron chi connectivity index (χ0n) is 10.1. The molecule has 7 nitrogen and oxygen atoms in total. The van der Waals surface area contributed by atoms with Crippen LogP contribution >= 0.6 is 0 Å². The van der Waals surface area contributed by atoms with E-state index in [2.05, 4.69) is 10.6 Å². The van der Waals surface area contributed by atoms with Gasteiger partial charge in [-0.3, -0.25) is 14.9 Å². The van der Waals surface area contributed by atoms with Crippen molar-refractivity contribution < 1.29 is 18.8 Å². The van der Waals surface area contributed by atoms with Gasteiger partial charge in [-0.2, -0.15) is 0 Å². The highest BCUT2D eigenvalue weighted by molar-refractivity contribution is 5.79. The molecule has 0 radical (unpaired) electrons. The third-order valence-electron chi connectivity index (χ3n) is 2.80. The molecular formula is C11H12FN3O4. The monoisotopic (exact) mass is 269 g/mol. The summed E-state index contributed by atoms with van der Waals surface area (Å²) in [7, 11) is 1.27. The van der Waals surface area contributed by atoms with Gasteiger partial charge in [-0.25, -0.2) is 4.39 Å². The molecule has 1 fully saturated rings. The lowest BCUT2D eigenvalue weighted by Gasteiger charge is -2.13. The molecule has 0 aliphatic carbocycles. The van der Waals surface area contributed by atoms with Crippen molar-refractivity contribution in [2.75, 3.05) is 19.0 Å². The van der Waals surface area contributed by atoms with Crippen molar-refractivity contribution >= 4 is 17.3 Å². The lowest BCUT2D eigenvalue weighted by atomic mass is 10.2. The summed E-state index contributed by atoms with van der Waals surface area (Å²) in [6.07, 6.45) is 0.235. The highest BCUT2D eigenvalue weighted by atomic mass is 19.1. The van der Waals surface area contributed by atoms with Crippen LogP contribution in [0, 0.1) is 15.9 Å². The van der Waals surface area contributed by atoms with Gasteiger partial charge in [0.15, 0.2) is 11.6 Å². The van der Waals surface area contributed by atoms with Gasteiger partial charge in [-0.15, -0.1) is 0 Å². The van der Waals surface area contributed by atoms with Crippen LogP contribution < -0.4 is 15.4 Å². The number of nitro benzene ring substituents is 1. The van der Waals surface area contributed by atoms with Crippen molar-refractivity contribution in [3.05, 3.63) is 28.1 Å². The van der Waals surface area contributed by atoms with E-state index in [0.717, 1.165) is 6.07 Å². The number of halogens is 1. The molecule has 1 amide bonds. The van der Waals surface area contributed by atoms with E-state index in [4.69, 9.17) is 4.74 Å². The molecule has 0 saturated carbocycles. The second kappa shape index (κ2) is 5.09. The average Bonchev–Trinajstić information content (AvgIpc) is 2.76. The first-order valence-corrected chi connectivity index (χ1v) is 5.56. The second-order valence-corrected chi connectivity index (χ2v) is 4.11. The summed E-state index contributed by atoms with van der Waals surface area (Å²) in [6, 6.07) is 1.77. The maximum absolute atomic E-state index is 13.7. The molecule has 0 aromatic heterocycles. The number of carbonyl (C=O) groups is 1. The Morgan fingerprint density at radius 1 is 1.58 bits per heavy atom. The summed E-state index contributed by atoms with van der Waals surface area (Å²) in [5, 5.41) is 16.1. The lowest BCUT2D eigenvalue weighted by molar-refractivity contribution is -0.385. The Bertz CT molecular complexity index is 535. The van der Waals surface area contributed by atoms with Gasteiger partial charge in [0.2, 0.25) is 5.91 Å². The smallest absolute Gasteiger partial charge is 0.313 e. The van der Waals surface area contributed by atoms with Crippen LogP contribution in [0.5, 0.6) is 5.75 Å². The first kappa shape index (κ1) is 13.1. The number of methoxy groups -OCH3 is 1. The number of nitrogens with zero attached hydrogens (tertiary/aromatic N) is 1. The molecule has 19 heavy (non-hydrogen) atoms. The Morgan fingerprint density at radius 3 is 2.84 bits per heavy atom. The number of amides is 1. The van der Waals surface area contributed by atoms with Crippen molar-refractivity contribution in [2.45, 2.75) is 12.5 Å². The molecule has 1 aromatic rings. The van der Waals surface area contributed by atoms with Crippen LogP contribution in [0.1, 0.15) is 6.42 Å². The van der Waals surface area contributed by atoms with E-state index < -0.39 is 16.4 Å². The fourth-order valence-electron chi connectivity index (χ4n) is 1.89. The van der Waals surface area contributed by atoms with Gasteiger partial charge in [0, 0.05) is 19.0 Å². The molecule has 1 unspecified atom stereocenters. The van der Waals surface area contributed by atoms with Crippen molar-refractivity contribution in [2.24, 2.45) is 0 Å². The Morgan fingerprint density at radius 2 is 2.32 bits per heavy atom. The number of rotatable bonds is 4. The van der Waals surface area contributed by atoms with E-state index in [1.165, 1.54) is 13.2 Å². The maximum Gasteiger partial charge on any atom is 0.313 e. The van der Waals surface area contributed by atoms with Crippen LogP contribution in [0.2, 0.25) is 0 Å². The molecule has 1 saturated heterocycles. The van der Waals surface area contributed by atoms with Crippen molar-refractivity contribution in [1.82, 2.24) is 5.32 Å². The van der Waals surface area contributed by atoms with Crippen LogP contribution in [0.3, 0.4) is 0 Å². The Balaban J connectivity index is 2.26. The molecule has 1 aliphatic heterocycles. The van der Waals surface area contributed by atoms with Crippen molar-refractivity contribution in [3.63, 3.8) is 0 Å². The van der Waals surface area contributed by atoms with Crippen LogP contribution in [-0.2, 0) is 4.79 Å². The number of ether oxygens (including phenoxy) is 1. The third kappa shape index (κ3) is 2.72. The zero-order valence-corrected chi connectivity index (χ0v) is 10.1. The molecule has 0 spiro atoms. The van der Waals surface area contributed by atoms with E-state index in [1.54, 1.807) is 0 Å². The van der Waals surface area contributed by atoms with Gasteiger partial charge in [0.25, 0.3) is 0 Å². The SMILES string of the molecule is COc1cc(NC2CNC(=O)C2)c(F)cc1[N+](=O)[O-]. The predicted octanol–water partition coefficient (Wildman–Crippen LogP) is 1.04. The number of hydrogen-bond acceptors (Lipinski definition) is 5. The van der Waals surface area contributed by atoms with E-state index in [1.807, 2.05) is 0 Å². The number of anilines is 1. The number of nitrogens with one attached hydrogen (secondary N) is 2. The van der Waals surface area contributed by atoms with Crippen molar-refractivity contribution in [3.8, 4) is 5.75 Å². The standard InChI is InChI=1S/C11H12FN3O4/c1-19-10-4-8(7(12)3-9(10)15(17)18)14-6-2-11(16)13-5-6/h3-4,6,14H,2,5H2,1H3,(H,13,16). The Labute approximate surface area is 107 Å². The number of nitro groups is 1. The normalized spacial score (nSPS) is 18.0. The maximum atomic E-state index is 13.7. The molecule has 1 aliphatic rings. The van der Waals surface area contributed by atoms with Crippen LogP contribution in [-0.4, -0.2) is 30.5 Å². The second-order valence-electron chi connectivity index (χ2n) is 4.11. The summed E-state index contributed by atoms with van der Waals surface area (Å²) < 4.78 is 18.6. The molecular weight excluding hydrogens is 257 g/mol. The summed E-state index contributed by atoms with van der Waals surface area (Å²) in [6.45, 7) is 0.386. The fraction of sp³-hybridized carbons (Fsp3) is 0.364. The van der Waals surface area contributed by atoms with Gasteiger partial charge in [0.1, 0.15) is 0 Å². The molecule has 102 valence electrons. The summed E-state index contributed by atoms with van der Waals surface area (Å²) in [5.41, 5.74) is -0.366. The molecule has 1 aromatic carbocycles. The lowest BCUT2D eigenvalue weighted by Crippen LogP contribution is -2.22. The van der Waals surface area contributed by atoms with E-state index in [9.17, 15) is 19.3 Å². The van der Waals surface area contributed by atoms with Gasteiger partial charge in [0.05, 0.1) is 29.8 Å². The minimum Gasteiger partial charge on any atom is -0.490 e. The fourth-order valence-corrected chi connectivity index (χ4v) is 1.89. The topological polar surface area (TPSA) is 93.5 Å². The first-order valence-electron chi connectivity index (χ1n) is 5.56. The minimum atomic E-state index is -0.758. The zero-order chi connectivity index (χ0) is 14.0. The van der Waals surface area contributed by atoms with E-state index >= 15 is 0 Å². The summed E-state index contributed by atoms with van der Waals surface area (Å²) >= 11 is 0. The molecule has 2 rings (SSSR count). The minimum absolute atomic E-state index is 0.0359. The van der Waals surface area contributed by atoms with Crippen molar-refractivity contribution in [1.29, 1.82) is 0 Å². The number of hydrogen-bond donors (Lipinski definition) is 2. The van der Waals surface area contributed by atoms with E-state index in [0.29, 0.717) is 6.54 Å². The van der Waals surface area contributed by atoms with Gasteiger partial charge >= 0.3 is 5.69 Å². The molecule has 1 atom stereocenters. The average molecular weight is 269 g/mol. The van der Waals surface area contributed by atoms with Gasteiger partial charge in [-0.1, -0.05) is 0 Å². The molecule has 2 N–H and O–H groups in total. The highest BCUT2D eigenvalue weighted by Gasteiger charge is 2.24. The number of benzene rings is 1. The predicted molar refractivity (Wildman–Crippen MR) is 64.6 cm³/mol. The van der Waals surface area contributed by atoms with E-state index in [-0.39, 0.29) is 29.8 Å². The number of carbonyl (C=O) groups excluding carboxylic acids is 1. The first-order chi connectivity index (χ1) is 9.01. The molecule has 1 heterocycles. The van der Waals surface area contributed by atoms with Crippen LogP contribution in [0.25, 0.3) is 0 Å². The quantitative estimate of drug-likeness (QED) is 0.629.